The van der Waals surface area contributed by atoms with Crippen LogP contribution in [0.4, 0.5) is 0 Å². The van der Waals surface area contributed by atoms with E-state index in [1.165, 1.54) is 0 Å². The standard InChI is InChI=1S/C4H3NO5S2/c6-1-2(5(8)9)10-3(7)4(11)12/h4,11-12H. The van der Waals surface area contributed by atoms with E-state index in [0.717, 1.165) is 5.94 Å². The van der Waals surface area contributed by atoms with Crippen LogP contribution in [0.3, 0.4) is 0 Å². The van der Waals surface area contributed by atoms with Crippen molar-refractivity contribution < 1.29 is 19.2 Å². The zero-order chi connectivity index (χ0) is 9.72. The fraction of sp³-hybridized carbons (Fsp3) is 0.250. The molecule has 0 aromatic carbocycles. The van der Waals surface area contributed by atoms with Crippen molar-refractivity contribution in [3.8, 4) is 0 Å². The number of rotatable bonds is 3. The Morgan fingerprint density at radius 1 is 1.58 bits per heavy atom. The lowest BCUT2D eigenvalue weighted by atomic mass is 10.8. The zero-order valence-electron chi connectivity index (χ0n) is 5.46. The summed E-state index contributed by atoms with van der Waals surface area (Å²) in [5, 5.41) is 9.87. The topological polar surface area (TPSA) is 86.5 Å². The molecule has 0 amide bonds. The van der Waals surface area contributed by atoms with Crippen LogP contribution in [0.2, 0.25) is 0 Å². The predicted molar refractivity (Wildman–Crippen MR) is 44.1 cm³/mol. The molecule has 0 saturated heterocycles. The van der Waals surface area contributed by atoms with Crippen molar-refractivity contribution in [2.24, 2.45) is 0 Å². The van der Waals surface area contributed by atoms with Gasteiger partial charge in [-0.25, -0.2) is 9.59 Å². The molecular formula is C4H3NO5S2. The normalized spacial score (nSPS) is 8.92. The summed E-state index contributed by atoms with van der Waals surface area (Å²) in [6.07, 6.45) is 0. The molecule has 0 radical (unpaired) electrons. The molecule has 0 N–H and O–H groups in total. The molecule has 6 nitrogen and oxygen atoms in total. The van der Waals surface area contributed by atoms with Crippen LogP contribution < -0.4 is 0 Å². The van der Waals surface area contributed by atoms with E-state index in [-0.39, 0.29) is 0 Å². The largest absolute Gasteiger partial charge is 0.523 e. The first-order valence-electron chi connectivity index (χ1n) is 2.46. The van der Waals surface area contributed by atoms with E-state index < -0.39 is 21.4 Å². The molecule has 0 spiro atoms. The molecule has 8 heteroatoms. The van der Waals surface area contributed by atoms with Gasteiger partial charge < -0.3 is 4.74 Å². The van der Waals surface area contributed by atoms with Crippen LogP contribution in [-0.4, -0.2) is 21.4 Å². The van der Waals surface area contributed by atoms with Crippen molar-refractivity contribution in [1.29, 1.82) is 0 Å². The van der Waals surface area contributed by atoms with Gasteiger partial charge in [0.25, 0.3) is 5.94 Å². The molecule has 0 aliphatic carbocycles. The highest BCUT2D eigenvalue weighted by Gasteiger charge is 2.21. The summed E-state index contributed by atoms with van der Waals surface area (Å²) in [6, 6.07) is 0. The van der Waals surface area contributed by atoms with Gasteiger partial charge in [0.1, 0.15) is 9.51 Å². The minimum absolute atomic E-state index is 0.844. The number of thiol groups is 2. The molecule has 0 aromatic rings. The van der Waals surface area contributed by atoms with Gasteiger partial charge in [-0.05, 0) is 0 Å². The highest BCUT2D eigenvalue weighted by molar-refractivity contribution is 8.00. The zero-order valence-corrected chi connectivity index (χ0v) is 7.25. The first-order chi connectivity index (χ1) is 5.49. The van der Waals surface area contributed by atoms with Gasteiger partial charge in [0, 0.05) is 0 Å². The number of nitrogens with zero attached hydrogens (tertiary/aromatic N) is 1. The van der Waals surface area contributed by atoms with E-state index in [1.807, 2.05) is 0 Å². The molecule has 0 fully saturated rings. The average Bonchev–Trinajstić information content (AvgIpc) is 1.98. The number of nitro groups is 1. The third-order valence-electron chi connectivity index (χ3n) is 0.661. The van der Waals surface area contributed by atoms with Crippen LogP contribution in [-0.2, 0) is 14.3 Å². The number of esters is 1. The quantitative estimate of drug-likeness (QED) is 0.126. The van der Waals surface area contributed by atoms with Crippen molar-refractivity contribution in [2.75, 3.05) is 0 Å². The van der Waals surface area contributed by atoms with Gasteiger partial charge >= 0.3 is 11.9 Å². The number of hydrogen-bond acceptors (Lipinski definition) is 7. The molecule has 0 rings (SSSR count). The van der Waals surface area contributed by atoms with Crippen LogP contribution in [0.25, 0.3) is 0 Å². The third-order valence-corrected chi connectivity index (χ3v) is 1.08. The Balaban J connectivity index is 4.35. The van der Waals surface area contributed by atoms with Gasteiger partial charge in [0.15, 0.2) is 0 Å². The SMILES string of the molecule is O=C=C(OC(=O)C(S)S)[N+](=O)[O-]. The Bertz CT molecular complexity index is 256. The van der Waals surface area contributed by atoms with Crippen molar-refractivity contribution in [1.82, 2.24) is 0 Å². The molecule has 0 unspecified atom stereocenters. The molecule has 0 bridgehead atoms. The van der Waals surface area contributed by atoms with Crippen LogP contribution in [0.15, 0.2) is 5.88 Å². The predicted octanol–water partition coefficient (Wildman–Crippen LogP) is -0.335. The summed E-state index contributed by atoms with van der Waals surface area (Å²) in [7, 11) is 0. The van der Waals surface area contributed by atoms with Gasteiger partial charge in [-0.3, -0.25) is 10.1 Å². The van der Waals surface area contributed by atoms with E-state index in [4.69, 9.17) is 0 Å². The third kappa shape index (κ3) is 3.42. The minimum Gasteiger partial charge on any atom is -0.356 e. The van der Waals surface area contributed by atoms with Gasteiger partial charge in [-0.2, -0.15) is 25.3 Å². The number of carbonyl (C=O) groups is 1. The van der Waals surface area contributed by atoms with Crippen molar-refractivity contribution in [3.05, 3.63) is 16.0 Å². The number of carbonyl (C=O) groups excluding carboxylic acids is 2. The summed E-state index contributed by atoms with van der Waals surface area (Å²) in [6.45, 7) is 0. The smallest absolute Gasteiger partial charge is 0.356 e. The Kier molecular flexibility index (Phi) is 4.42. The maximum Gasteiger partial charge on any atom is 0.523 e. The van der Waals surface area contributed by atoms with E-state index in [1.54, 1.807) is 0 Å². The lowest BCUT2D eigenvalue weighted by molar-refractivity contribution is -0.455. The fourth-order valence-corrected chi connectivity index (χ4v) is 0.349. The maximum atomic E-state index is 10.5. The highest BCUT2D eigenvalue weighted by Crippen LogP contribution is 2.05. The van der Waals surface area contributed by atoms with Crippen molar-refractivity contribution in [3.63, 3.8) is 0 Å². The Morgan fingerprint density at radius 2 is 2.08 bits per heavy atom. The van der Waals surface area contributed by atoms with E-state index in [0.29, 0.717) is 0 Å². The number of ether oxygens (including phenoxy) is 1. The average molecular weight is 209 g/mol. The van der Waals surface area contributed by atoms with E-state index in [9.17, 15) is 19.7 Å². The van der Waals surface area contributed by atoms with Gasteiger partial charge in [-0.1, -0.05) is 0 Å². The molecule has 0 heterocycles. The lowest BCUT2D eigenvalue weighted by Gasteiger charge is -1.98. The van der Waals surface area contributed by atoms with Gasteiger partial charge in [0.05, 0.1) is 0 Å². The molecule has 0 atom stereocenters. The summed E-state index contributed by atoms with van der Waals surface area (Å²) in [4.78, 5) is 29.0. The second-order valence-electron chi connectivity index (χ2n) is 1.46. The van der Waals surface area contributed by atoms with Crippen LogP contribution in [0, 0.1) is 10.1 Å². The fourth-order valence-electron chi connectivity index (χ4n) is 0.243. The summed E-state index contributed by atoms with van der Waals surface area (Å²) < 4.78 is 2.79. The first-order valence-corrected chi connectivity index (χ1v) is 3.49. The van der Waals surface area contributed by atoms with E-state index in [2.05, 4.69) is 30.0 Å². The molecule has 0 aromatic heterocycles. The molecule has 12 heavy (non-hydrogen) atoms. The number of hydrogen-bond donors (Lipinski definition) is 2. The molecular weight excluding hydrogens is 206 g/mol. The van der Waals surface area contributed by atoms with Crippen LogP contribution in [0.1, 0.15) is 0 Å². The Morgan fingerprint density at radius 3 is 2.33 bits per heavy atom. The second-order valence-corrected chi connectivity index (χ2v) is 2.90. The van der Waals surface area contributed by atoms with Crippen LogP contribution in [0.5, 0.6) is 0 Å². The summed E-state index contributed by atoms with van der Waals surface area (Å²) in [5.41, 5.74) is 0. The second kappa shape index (κ2) is 4.81. The highest BCUT2D eigenvalue weighted by atomic mass is 32.2. The molecule has 66 valence electrons. The van der Waals surface area contributed by atoms with Gasteiger partial charge in [0.2, 0.25) is 0 Å². The minimum atomic E-state index is -1.30. The van der Waals surface area contributed by atoms with Crippen molar-refractivity contribution in [2.45, 2.75) is 4.58 Å². The monoisotopic (exact) mass is 209 g/mol. The Hall–Kier alpha value is -0.980. The first kappa shape index (κ1) is 11.0. The molecule has 0 aliphatic heterocycles. The van der Waals surface area contributed by atoms with E-state index >= 15 is 0 Å². The summed E-state index contributed by atoms with van der Waals surface area (Å²) in [5.74, 6) is -1.55. The lowest BCUT2D eigenvalue weighted by Crippen LogP contribution is -2.16. The van der Waals surface area contributed by atoms with Crippen LogP contribution >= 0.6 is 25.3 Å². The van der Waals surface area contributed by atoms with Crippen molar-refractivity contribution >= 4 is 37.2 Å². The Labute approximate surface area is 77.5 Å². The van der Waals surface area contributed by atoms with Gasteiger partial charge in [-0.15, -0.1) is 0 Å². The molecule has 0 aliphatic rings. The maximum absolute atomic E-state index is 10.5. The summed E-state index contributed by atoms with van der Waals surface area (Å²) >= 11 is 7.00. The molecule has 0 saturated carbocycles.